The van der Waals surface area contributed by atoms with Gasteiger partial charge in [0.1, 0.15) is 6.10 Å². The molecule has 116 valence electrons. The van der Waals surface area contributed by atoms with Crippen LogP contribution in [0, 0.1) is 4.84 Å². The van der Waals surface area contributed by atoms with E-state index in [0.29, 0.717) is 29.2 Å². The molecule has 1 aliphatic rings. The van der Waals surface area contributed by atoms with Crippen LogP contribution in [0.1, 0.15) is 6.92 Å². The maximum atomic E-state index is 12.0. The lowest BCUT2D eigenvalue weighted by Gasteiger charge is -2.12. The van der Waals surface area contributed by atoms with E-state index in [4.69, 9.17) is 21.4 Å². The lowest BCUT2D eigenvalue weighted by Crippen LogP contribution is -2.33. The van der Waals surface area contributed by atoms with Crippen molar-refractivity contribution in [1.29, 1.82) is 0 Å². The van der Waals surface area contributed by atoms with E-state index in [9.17, 15) is 9.59 Å². The molecule has 1 atom stereocenters. The Morgan fingerprint density at radius 3 is 3.00 bits per heavy atom. The van der Waals surface area contributed by atoms with Crippen LogP contribution in [0.4, 0.5) is 10.5 Å². The Morgan fingerprint density at radius 2 is 2.27 bits per heavy atom. The van der Waals surface area contributed by atoms with Gasteiger partial charge in [-0.1, -0.05) is 0 Å². The molecule has 0 unspecified atom stereocenters. The molecule has 1 aromatic heterocycles. The fourth-order valence-corrected chi connectivity index (χ4v) is 2.57. The summed E-state index contributed by atoms with van der Waals surface area (Å²) in [6.07, 6.45) is -0.807. The van der Waals surface area contributed by atoms with Gasteiger partial charge in [-0.3, -0.25) is 9.69 Å². The van der Waals surface area contributed by atoms with E-state index >= 15 is 0 Å². The number of aryl methyl sites for hydroxylation is 1. The molecule has 2 aromatic rings. The van der Waals surface area contributed by atoms with E-state index in [0.717, 1.165) is 5.52 Å². The molecule has 1 aliphatic heterocycles. The molecular formula is C14H15N3O4S. The van der Waals surface area contributed by atoms with Crippen molar-refractivity contribution in [2.75, 3.05) is 18.0 Å². The second kappa shape index (κ2) is 5.45. The number of nitrogens with one attached hydrogen (secondary N) is 1. The number of fused-ring (bicyclic) bond motifs is 1. The standard InChI is InChI=1S/C14H15N3O4S/c1-8(18)15-6-10-7-17(13(19)20-10)9-3-4-11-12(5-9)21-14(22)16(11)2/h3-5,10H,6-7H2,1-2H3,(H,15,18)/t10-/m0/s1. The molecule has 2 amide bonds. The van der Waals surface area contributed by atoms with Crippen LogP contribution in [-0.2, 0) is 16.6 Å². The van der Waals surface area contributed by atoms with Gasteiger partial charge in [-0.15, -0.1) is 0 Å². The zero-order chi connectivity index (χ0) is 15.9. The van der Waals surface area contributed by atoms with Crippen molar-refractivity contribution in [1.82, 2.24) is 9.88 Å². The summed E-state index contributed by atoms with van der Waals surface area (Å²) in [6.45, 7) is 2.09. The van der Waals surface area contributed by atoms with Gasteiger partial charge in [0.15, 0.2) is 5.58 Å². The molecule has 0 radical (unpaired) electrons. The molecule has 1 fully saturated rings. The number of carbonyl (C=O) groups excluding carboxylic acids is 2. The summed E-state index contributed by atoms with van der Waals surface area (Å²) in [5, 5.41) is 2.64. The molecule has 0 aliphatic carbocycles. The first kappa shape index (κ1) is 14.6. The van der Waals surface area contributed by atoms with E-state index < -0.39 is 6.09 Å². The normalized spacial score (nSPS) is 17.8. The lowest BCUT2D eigenvalue weighted by molar-refractivity contribution is -0.119. The van der Waals surface area contributed by atoms with Gasteiger partial charge in [-0.05, 0) is 24.4 Å². The van der Waals surface area contributed by atoms with Gasteiger partial charge in [0.25, 0.3) is 4.84 Å². The van der Waals surface area contributed by atoms with Crippen molar-refractivity contribution in [3.8, 4) is 0 Å². The van der Waals surface area contributed by atoms with Crippen molar-refractivity contribution >= 4 is 41.0 Å². The molecule has 1 aromatic carbocycles. The van der Waals surface area contributed by atoms with E-state index in [1.165, 1.54) is 11.8 Å². The van der Waals surface area contributed by atoms with Crippen LogP contribution in [0.5, 0.6) is 0 Å². The van der Waals surface area contributed by atoms with Gasteiger partial charge >= 0.3 is 6.09 Å². The Kier molecular flexibility index (Phi) is 3.61. The highest BCUT2D eigenvalue weighted by Crippen LogP contribution is 2.26. The predicted octanol–water partition coefficient (Wildman–Crippen LogP) is 1.96. The van der Waals surface area contributed by atoms with Crippen molar-refractivity contribution in [3.63, 3.8) is 0 Å². The van der Waals surface area contributed by atoms with Crippen LogP contribution in [0.2, 0.25) is 0 Å². The number of rotatable bonds is 3. The number of hydrogen-bond donors (Lipinski definition) is 1. The maximum absolute atomic E-state index is 12.0. The van der Waals surface area contributed by atoms with E-state index in [2.05, 4.69) is 5.32 Å². The summed E-state index contributed by atoms with van der Waals surface area (Å²) < 4.78 is 12.5. The highest BCUT2D eigenvalue weighted by atomic mass is 32.1. The van der Waals surface area contributed by atoms with E-state index in [1.54, 1.807) is 10.6 Å². The molecule has 2 heterocycles. The molecule has 0 spiro atoms. The molecule has 1 N–H and O–H groups in total. The Hall–Kier alpha value is -2.35. The first-order valence-electron chi connectivity index (χ1n) is 6.78. The number of carbonyl (C=O) groups is 2. The number of hydrogen-bond acceptors (Lipinski definition) is 5. The van der Waals surface area contributed by atoms with Crippen molar-refractivity contribution in [2.24, 2.45) is 7.05 Å². The third kappa shape index (κ3) is 2.57. The van der Waals surface area contributed by atoms with Gasteiger partial charge in [0, 0.05) is 20.0 Å². The quantitative estimate of drug-likeness (QED) is 0.875. The number of amides is 2. The van der Waals surface area contributed by atoms with Gasteiger partial charge in [-0.2, -0.15) is 0 Å². The molecule has 22 heavy (non-hydrogen) atoms. The Morgan fingerprint density at radius 1 is 1.50 bits per heavy atom. The number of ether oxygens (including phenoxy) is 1. The van der Waals surface area contributed by atoms with Crippen LogP contribution in [0.3, 0.4) is 0 Å². The zero-order valence-electron chi connectivity index (χ0n) is 12.2. The van der Waals surface area contributed by atoms with Crippen molar-refractivity contribution in [3.05, 3.63) is 23.0 Å². The monoisotopic (exact) mass is 321 g/mol. The number of nitrogens with zero attached hydrogens (tertiary/aromatic N) is 2. The fraction of sp³-hybridized carbons (Fsp3) is 0.357. The molecule has 0 saturated carbocycles. The largest absolute Gasteiger partial charge is 0.442 e. The Labute approximate surface area is 131 Å². The fourth-order valence-electron chi connectivity index (χ4n) is 2.39. The first-order chi connectivity index (χ1) is 10.5. The average Bonchev–Trinajstić information content (AvgIpc) is 2.97. The number of cyclic esters (lactones) is 1. The summed E-state index contributed by atoms with van der Waals surface area (Å²) in [7, 11) is 1.82. The Bertz CT molecular complexity index is 810. The zero-order valence-corrected chi connectivity index (χ0v) is 13.0. The van der Waals surface area contributed by atoms with Crippen molar-refractivity contribution < 1.29 is 18.7 Å². The smallest absolute Gasteiger partial charge is 0.414 e. The molecule has 3 rings (SSSR count). The van der Waals surface area contributed by atoms with Gasteiger partial charge in [0.05, 0.1) is 24.3 Å². The Balaban J connectivity index is 1.83. The number of benzene rings is 1. The number of aromatic nitrogens is 1. The van der Waals surface area contributed by atoms with Gasteiger partial charge in [-0.25, -0.2) is 4.79 Å². The molecule has 0 bridgehead atoms. The predicted molar refractivity (Wildman–Crippen MR) is 82.3 cm³/mol. The maximum Gasteiger partial charge on any atom is 0.414 e. The average molecular weight is 321 g/mol. The third-order valence-electron chi connectivity index (χ3n) is 3.54. The van der Waals surface area contributed by atoms with Crippen LogP contribution >= 0.6 is 12.2 Å². The van der Waals surface area contributed by atoms with Crippen LogP contribution in [-0.4, -0.2) is 35.8 Å². The van der Waals surface area contributed by atoms with E-state index in [-0.39, 0.29) is 12.0 Å². The minimum Gasteiger partial charge on any atom is -0.442 e. The van der Waals surface area contributed by atoms with Crippen LogP contribution in [0.15, 0.2) is 22.6 Å². The van der Waals surface area contributed by atoms with Crippen LogP contribution < -0.4 is 10.2 Å². The lowest BCUT2D eigenvalue weighted by atomic mass is 10.2. The topological polar surface area (TPSA) is 76.7 Å². The molecule has 1 saturated heterocycles. The van der Waals surface area contributed by atoms with Crippen molar-refractivity contribution in [2.45, 2.75) is 13.0 Å². The highest BCUT2D eigenvalue weighted by molar-refractivity contribution is 7.71. The summed E-state index contributed by atoms with van der Waals surface area (Å²) in [5.74, 6) is -0.156. The van der Waals surface area contributed by atoms with Gasteiger partial charge in [0.2, 0.25) is 5.91 Å². The second-order valence-electron chi connectivity index (χ2n) is 5.13. The number of anilines is 1. The summed E-state index contributed by atoms with van der Waals surface area (Å²) in [5.41, 5.74) is 2.14. The number of oxazole rings is 1. The summed E-state index contributed by atoms with van der Waals surface area (Å²) in [6, 6.07) is 5.42. The second-order valence-corrected chi connectivity index (χ2v) is 5.48. The molecule has 7 nitrogen and oxygen atoms in total. The van der Waals surface area contributed by atoms with Crippen LogP contribution in [0.25, 0.3) is 11.1 Å². The first-order valence-corrected chi connectivity index (χ1v) is 7.18. The third-order valence-corrected chi connectivity index (χ3v) is 3.90. The summed E-state index contributed by atoms with van der Waals surface area (Å²) >= 11 is 5.08. The minimum absolute atomic E-state index is 0.156. The molecule has 8 heteroatoms. The SMILES string of the molecule is CC(=O)NC[C@H]1CN(c2ccc3c(c2)oc(=S)n3C)C(=O)O1. The van der Waals surface area contributed by atoms with E-state index in [1.807, 2.05) is 19.2 Å². The molecular weight excluding hydrogens is 306 g/mol. The summed E-state index contributed by atoms with van der Waals surface area (Å²) in [4.78, 5) is 24.8. The minimum atomic E-state index is -0.441. The van der Waals surface area contributed by atoms with Gasteiger partial charge < -0.3 is 19.0 Å². The highest BCUT2D eigenvalue weighted by Gasteiger charge is 2.32.